The summed E-state index contributed by atoms with van der Waals surface area (Å²) in [6, 6.07) is 8.83. The van der Waals surface area contributed by atoms with Crippen LogP contribution in [0, 0.1) is 0 Å². The van der Waals surface area contributed by atoms with Crippen molar-refractivity contribution in [3.8, 4) is 0 Å². The second-order valence-corrected chi connectivity index (χ2v) is 4.98. The van der Waals surface area contributed by atoms with Crippen molar-refractivity contribution >= 4 is 5.97 Å². The van der Waals surface area contributed by atoms with Crippen LogP contribution < -0.4 is 0 Å². The zero-order chi connectivity index (χ0) is 14.8. The van der Waals surface area contributed by atoms with Gasteiger partial charge in [0.25, 0.3) is 0 Å². The molecule has 4 heteroatoms. The summed E-state index contributed by atoms with van der Waals surface area (Å²) in [7, 11) is 0. The number of rotatable bonds is 9. The molecule has 2 atom stereocenters. The van der Waals surface area contributed by atoms with Crippen molar-refractivity contribution in [3.05, 3.63) is 35.9 Å². The first-order valence-electron chi connectivity index (χ1n) is 7.21. The number of hydrogen-bond acceptors (Lipinski definition) is 4. The lowest BCUT2D eigenvalue weighted by Crippen LogP contribution is -2.18. The van der Waals surface area contributed by atoms with Gasteiger partial charge in [0.1, 0.15) is 0 Å². The van der Waals surface area contributed by atoms with Crippen LogP contribution >= 0.6 is 0 Å². The average Bonchev–Trinajstić information content (AvgIpc) is 2.44. The minimum absolute atomic E-state index is 0.286. The minimum Gasteiger partial charge on any atom is -0.462 e. The molecule has 4 nitrogen and oxygen atoms in total. The number of hydrogen-bond donors (Lipinski definition) is 2. The van der Waals surface area contributed by atoms with E-state index in [4.69, 9.17) is 4.74 Å². The number of carbonyl (C=O) groups is 1. The van der Waals surface area contributed by atoms with Crippen molar-refractivity contribution in [1.82, 2.24) is 0 Å². The van der Waals surface area contributed by atoms with Gasteiger partial charge in [0.2, 0.25) is 0 Å². The highest BCUT2D eigenvalue weighted by Crippen LogP contribution is 2.10. The highest BCUT2D eigenvalue weighted by Gasteiger charge is 2.11. The summed E-state index contributed by atoms with van der Waals surface area (Å²) in [4.78, 5) is 11.6. The number of benzene rings is 1. The lowest BCUT2D eigenvalue weighted by atomic mass is 10.0. The summed E-state index contributed by atoms with van der Waals surface area (Å²) in [6.45, 7) is 2.29. The number of ether oxygens (including phenoxy) is 1. The van der Waals surface area contributed by atoms with Crippen molar-refractivity contribution in [3.63, 3.8) is 0 Å². The molecule has 0 saturated carbocycles. The summed E-state index contributed by atoms with van der Waals surface area (Å²) >= 11 is 0. The van der Waals surface area contributed by atoms with E-state index < -0.39 is 12.2 Å². The van der Waals surface area contributed by atoms with Crippen LogP contribution in [0.1, 0.15) is 49.4 Å². The summed E-state index contributed by atoms with van der Waals surface area (Å²) in [5.41, 5.74) is 0.534. The molecule has 0 aliphatic heterocycles. The van der Waals surface area contributed by atoms with Gasteiger partial charge in [-0.3, -0.25) is 0 Å². The standard InChI is InChI=1S/C16H24O4/c1-2-7-14(17)12-15(18)10-6-11-20-16(19)13-8-4-3-5-9-13/h3-5,8-9,14-15,17-18H,2,6-7,10-12H2,1H3. The Morgan fingerprint density at radius 3 is 2.45 bits per heavy atom. The van der Waals surface area contributed by atoms with Crippen LogP contribution in [0.5, 0.6) is 0 Å². The second kappa shape index (κ2) is 9.50. The third-order valence-electron chi connectivity index (χ3n) is 3.09. The van der Waals surface area contributed by atoms with E-state index in [1.54, 1.807) is 24.3 Å². The van der Waals surface area contributed by atoms with E-state index in [-0.39, 0.29) is 12.6 Å². The Hall–Kier alpha value is -1.39. The van der Waals surface area contributed by atoms with Gasteiger partial charge in [0, 0.05) is 0 Å². The maximum Gasteiger partial charge on any atom is 0.338 e. The smallest absolute Gasteiger partial charge is 0.338 e. The third kappa shape index (κ3) is 6.68. The number of esters is 1. The molecule has 112 valence electrons. The molecule has 0 aromatic heterocycles. The zero-order valence-corrected chi connectivity index (χ0v) is 12.0. The predicted octanol–water partition coefficient (Wildman–Crippen LogP) is 2.54. The highest BCUT2D eigenvalue weighted by atomic mass is 16.5. The first-order chi connectivity index (χ1) is 9.63. The summed E-state index contributed by atoms with van der Waals surface area (Å²) in [5.74, 6) is -0.342. The van der Waals surface area contributed by atoms with E-state index in [1.165, 1.54) is 0 Å². The maximum absolute atomic E-state index is 11.6. The van der Waals surface area contributed by atoms with Crippen LogP contribution in [-0.4, -0.2) is 35.0 Å². The predicted molar refractivity (Wildman–Crippen MR) is 77.5 cm³/mol. The molecule has 0 radical (unpaired) electrons. The second-order valence-electron chi connectivity index (χ2n) is 4.98. The monoisotopic (exact) mass is 280 g/mol. The van der Waals surface area contributed by atoms with Gasteiger partial charge in [0.05, 0.1) is 24.4 Å². The normalized spacial score (nSPS) is 13.8. The van der Waals surface area contributed by atoms with Crippen molar-refractivity contribution in [2.24, 2.45) is 0 Å². The fraction of sp³-hybridized carbons (Fsp3) is 0.562. The topological polar surface area (TPSA) is 66.8 Å². The third-order valence-corrected chi connectivity index (χ3v) is 3.09. The lowest BCUT2D eigenvalue weighted by molar-refractivity contribution is 0.0429. The number of aliphatic hydroxyl groups excluding tert-OH is 2. The molecule has 0 fully saturated rings. The van der Waals surface area contributed by atoms with Gasteiger partial charge in [-0.2, -0.15) is 0 Å². The Morgan fingerprint density at radius 2 is 1.80 bits per heavy atom. The van der Waals surface area contributed by atoms with Crippen molar-refractivity contribution in [1.29, 1.82) is 0 Å². The van der Waals surface area contributed by atoms with Gasteiger partial charge >= 0.3 is 5.97 Å². The quantitative estimate of drug-likeness (QED) is 0.539. The van der Waals surface area contributed by atoms with E-state index in [2.05, 4.69) is 0 Å². The molecule has 0 amide bonds. The molecule has 20 heavy (non-hydrogen) atoms. The molecule has 0 spiro atoms. The Bertz CT molecular complexity index is 377. The Balaban J connectivity index is 2.14. The van der Waals surface area contributed by atoms with E-state index in [9.17, 15) is 15.0 Å². The number of aliphatic hydroxyl groups is 2. The molecule has 1 rings (SSSR count). The van der Waals surface area contributed by atoms with Crippen LogP contribution in [0.3, 0.4) is 0 Å². The van der Waals surface area contributed by atoms with Gasteiger partial charge in [-0.25, -0.2) is 4.79 Å². The molecule has 1 aromatic rings. The van der Waals surface area contributed by atoms with E-state index >= 15 is 0 Å². The highest BCUT2D eigenvalue weighted by molar-refractivity contribution is 5.89. The van der Waals surface area contributed by atoms with Gasteiger partial charge in [-0.05, 0) is 37.8 Å². The lowest BCUT2D eigenvalue weighted by Gasteiger charge is -2.14. The molecule has 0 saturated heterocycles. The first kappa shape index (κ1) is 16.7. The van der Waals surface area contributed by atoms with Crippen molar-refractivity contribution in [2.75, 3.05) is 6.61 Å². The van der Waals surface area contributed by atoms with Crippen molar-refractivity contribution < 1.29 is 19.7 Å². The van der Waals surface area contributed by atoms with E-state index in [0.29, 0.717) is 31.2 Å². The molecule has 0 heterocycles. The van der Waals surface area contributed by atoms with Crippen LogP contribution in [0.2, 0.25) is 0 Å². The van der Waals surface area contributed by atoms with Crippen LogP contribution in [0.4, 0.5) is 0 Å². The summed E-state index contributed by atoms with van der Waals surface area (Å²) in [5, 5.41) is 19.3. The maximum atomic E-state index is 11.6. The molecule has 0 aliphatic carbocycles. The molecule has 0 aliphatic rings. The molecule has 2 N–H and O–H groups in total. The minimum atomic E-state index is -0.535. The van der Waals surface area contributed by atoms with Crippen molar-refractivity contribution in [2.45, 2.75) is 51.2 Å². The fourth-order valence-corrected chi connectivity index (χ4v) is 2.02. The molecular weight excluding hydrogens is 256 g/mol. The van der Waals surface area contributed by atoms with Gasteiger partial charge in [-0.1, -0.05) is 31.5 Å². The van der Waals surface area contributed by atoms with Crippen LogP contribution in [0.25, 0.3) is 0 Å². The van der Waals surface area contributed by atoms with Gasteiger partial charge in [-0.15, -0.1) is 0 Å². The molecule has 1 aromatic carbocycles. The SMILES string of the molecule is CCCC(O)CC(O)CCCOC(=O)c1ccccc1. The Kier molecular flexibility index (Phi) is 7.92. The van der Waals surface area contributed by atoms with Gasteiger partial charge in [0.15, 0.2) is 0 Å². The fourth-order valence-electron chi connectivity index (χ4n) is 2.02. The summed E-state index contributed by atoms with van der Waals surface area (Å²) in [6.07, 6.45) is 2.15. The van der Waals surface area contributed by atoms with Gasteiger partial charge < -0.3 is 14.9 Å². The van der Waals surface area contributed by atoms with E-state index in [0.717, 1.165) is 6.42 Å². The van der Waals surface area contributed by atoms with Crippen LogP contribution in [-0.2, 0) is 4.74 Å². The molecular formula is C16H24O4. The zero-order valence-electron chi connectivity index (χ0n) is 12.0. The largest absolute Gasteiger partial charge is 0.462 e. The first-order valence-corrected chi connectivity index (χ1v) is 7.21. The Labute approximate surface area is 120 Å². The molecule has 2 unspecified atom stereocenters. The molecule has 0 bridgehead atoms. The summed E-state index contributed by atoms with van der Waals surface area (Å²) < 4.78 is 5.12. The number of carbonyl (C=O) groups excluding carboxylic acids is 1. The van der Waals surface area contributed by atoms with E-state index in [1.807, 2.05) is 13.0 Å². The average molecular weight is 280 g/mol. The Morgan fingerprint density at radius 1 is 1.15 bits per heavy atom. The van der Waals surface area contributed by atoms with Crippen LogP contribution in [0.15, 0.2) is 30.3 Å².